The van der Waals surface area contributed by atoms with Gasteiger partial charge in [-0.2, -0.15) is 0 Å². The number of amides is 1. The Morgan fingerprint density at radius 1 is 1.17 bits per heavy atom. The van der Waals surface area contributed by atoms with Gasteiger partial charge in [-0.15, -0.1) is 11.3 Å². The average Bonchev–Trinajstić information content (AvgIpc) is 3.23. The number of ether oxygens (including phenoxy) is 1. The minimum atomic E-state index is -0.445. The Hall–Kier alpha value is -3.30. The van der Waals surface area contributed by atoms with Crippen LogP contribution in [0, 0.1) is 10.1 Å². The van der Waals surface area contributed by atoms with Crippen LogP contribution in [0.15, 0.2) is 53.9 Å². The number of nitrogens with zero attached hydrogens (tertiary/aromatic N) is 3. The topological polar surface area (TPSA) is 97.6 Å². The molecule has 1 saturated heterocycles. The largest absolute Gasteiger partial charge is 0.378 e. The van der Waals surface area contributed by atoms with Crippen LogP contribution in [0.5, 0.6) is 0 Å². The molecular formula is C20H18N4O4S. The number of nitro benzene ring substituents is 1. The van der Waals surface area contributed by atoms with Crippen molar-refractivity contribution < 1.29 is 14.5 Å². The van der Waals surface area contributed by atoms with E-state index in [2.05, 4.69) is 15.2 Å². The summed E-state index contributed by atoms with van der Waals surface area (Å²) in [6.45, 7) is 3.09. The molecule has 2 heterocycles. The van der Waals surface area contributed by atoms with Crippen molar-refractivity contribution in [3.05, 3.63) is 69.6 Å². The fraction of sp³-hybridized carbons (Fsp3) is 0.200. The highest BCUT2D eigenvalue weighted by Crippen LogP contribution is 2.28. The van der Waals surface area contributed by atoms with Crippen LogP contribution >= 0.6 is 11.3 Å². The van der Waals surface area contributed by atoms with Crippen molar-refractivity contribution in [1.82, 2.24) is 4.98 Å². The second kappa shape index (κ2) is 8.38. The van der Waals surface area contributed by atoms with E-state index in [4.69, 9.17) is 4.74 Å². The summed E-state index contributed by atoms with van der Waals surface area (Å²) >= 11 is 1.27. The molecule has 8 nitrogen and oxygen atoms in total. The molecule has 2 aromatic carbocycles. The van der Waals surface area contributed by atoms with Crippen LogP contribution in [0.2, 0.25) is 0 Å². The zero-order valence-electron chi connectivity index (χ0n) is 15.4. The van der Waals surface area contributed by atoms with E-state index in [0.29, 0.717) is 35.2 Å². The molecule has 0 saturated carbocycles. The number of hydrogen-bond acceptors (Lipinski definition) is 7. The van der Waals surface area contributed by atoms with Crippen LogP contribution < -0.4 is 10.2 Å². The van der Waals surface area contributed by atoms with Gasteiger partial charge in [-0.05, 0) is 24.3 Å². The second-order valence-electron chi connectivity index (χ2n) is 6.45. The molecule has 1 N–H and O–H groups in total. The number of carbonyl (C=O) groups is 1. The number of aromatic nitrogens is 1. The van der Waals surface area contributed by atoms with Gasteiger partial charge >= 0.3 is 0 Å². The van der Waals surface area contributed by atoms with Crippen molar-refractivity contribution in [2.75, 3.05) is 36.5 Å². The third-order valence-corrected chi connectivity index (χ3v) is 5.34. The molecule has 29 heavy (non-hydrogen) atoms. The van der Waals surface area contributed by atoms with Gasteiger partial charge in [0.15, 0.2) is 5.13 Å². The molecule has 0 atom stereocenters. The molecule has 0 radical (unpaired) electrons. The number of carbonyl (C=O) groups excluding carboxylic acids is 1. The zero-order valence-corrected chi connectivity index (χ0v) is 16.2. The first-order valence-electron chi connectivity index (χ1n) is 9.04. The fourth-order valence-electron chi connectivity index (χ4n) is 3.06. The van der Waals surface area contributed by atoms with Crippen molar-refractivity contribution in [3.8, 4) is 11.3 Å². The minimum absolute atomic E-state index is 0.00134. The molecule has 1 aliphatic rings. The molecule has 3 aromatic rings. The molecule has 0 aliphatic carbocycles. The predicted octanol–water partition coefficient (Wildman–Crippen LogP) is 3.81. The highest BCUT2D eigenvalue weighted by atomic mass is 32.1. The maximum Gasteiger partial charge on any atom is 0.270 e. The summed E-state index contributed by atoms with van der Waals surface area (Å²) in [5.41, 5.74) is 2.81. The summed E-state index contributed by atoms with van der Waals surface area (Å²) in [6.07, 6.45) is 0. The smallest absolute Gasteiger partial charge is 0.270 e. The van der Waals surface area contributed by atoms with Crippen LogP contribution in [-0.2, 0) is 4.74 Å². The van der Waals surface area contributed by atoms with E-state index in [1.807, 2.05) is 12.1 Å². The third-order valence-electron chi connectivity index (χ3n) is 4.58. The van der Waals surface area contributed by atoms with E-state index in [1.54, 1.807) is 29.6 Å². The number of rotatable bonds is 5. The lowest BCUT2D eigenvalue weighted by atomic mass is 10.1. The summed E-state index contributed by atoms with van der Waals surface area (Å²) < 4.78 is 5.36. The molecule has 9 heteroatoms. The number of nitro groups is 1. The third kappa shape index (κ3) is 4.41. The predicted molar refractivity (Wildman–Crippen MR) is 112 cm³/mol. The van der Waals surface area contributed by atoms with Crippen molar-refractivity contribution in [3.63, 3.8) is 0 Å². The number of anilines is 2. The van der Waals surface area contributed by atoms with Crippen molar-refractivity contribution in [2.24, 2.45) is 0 Å². The van der Waals surface area contributed by atoms with Crippen LogP contribution in [0.4, 0.5) is 16.5 Å². The molecule has 1 fully saturated rings. The second-order valence-corrected chi connectivity index (χ2v) is 7.30. The Morgan fingerprint density at radius 3 is 2.66 bits per heavy atom. The van der Waals surface area contributed by atoms with Crippen molar-refractivity contribution in [2.45, 2.75) is 0 Å². The first-order chi connectivity index (χ1) is 14.1. The van der Waals surface area contributed by atoms with Crippen molar-refractivity contribution in [1.29, 1.82) is 0 Å². The molecule has 1 aliphatic heterocycles. The van der Waals surface area contributed by atoms with E-state index in [0.717, 1.165) is 18.8 Å². The Bertz CT molecular complexity index is 1030. The van der Waals surface area contributed by atoms with Gasteiger partial charge < -0.3 is 9.64 Å². The lowest BCUT2D eigenvalue weighted by Crippen LogP contribution is -2.36. The summed E-state index contributed by atoms with van der Waals surface area (Å²) in [6, 6.07) is 13.7. The van der Waals surface area contributed by atoms with Gasteiger partial charge in [0.2, 0.25) is 0 Å². The summed E-state index contributed by atoms with van der Waals surface area (Å²) in [5, 5.41) is 15.9. The maximum atomic E-state index is 12.5. The molecule has 0 unspecified atom stereocenters. The van der Waals surface area contributed by atoms with Gasteiger partial charge in [0, 0.05) is 47.4 Å². The Morgan fingerprint density at radius 2 is 1.93 bits per heavy atom. The summed E-state index contributed by atoms with van der Waals surface area (Å²) in [5.74, 6) is -0.251. The van der Waals surface area contributed by atoms with Gasteiger partial charge in [0.1, 0.15) is 0 Å². The molecule has 0 spiro atoms. The monoisotopic (exact) mass is 410 g/mol. The van der Waals surface area contributed by atoms with E-state index >= 15 is 0 Å². The average molecular weight is 410 g/mol. The lowest BCUT2D eigenvalue weighted by molar-refractivity contribution is -0.384. The van der Waals surface area contributed by atoms with Crippen LogP contribution in [0.3, 0.4) is 0 Å². The van der Waals surface area contributed by atoms with Gasteiger partial charge in [-0.1, -0.05) is 12.1 Å². The van der Waals surface area contributed by atoms with E-state index < -0.39 is 4.92 Å². The molecule has 1 amide bonds. The van der Waals surface area contributed by atoms with Crippen LogP contribution in [-0.4, -0.2) is 42.1 Å². The van der Waals surface area contributed by atoms with Gasteiger partial charge in [-0.25, -0.2) is 4.98 Å². The van der Waals surface area contributed by atoms with Crippen molar-refractivity contribution >= 4 is 33.8 Å². The van der Waals surface area contributed by atoms with Crippen LogP contribution in [0.25, 0.3) is 11.3 Å². The number of morpholine rings is 1. The van der Waals surface area contributed by atoms with E-state index in [1.165, 1.54) is 23.5 Å². The van der Waals surface area contributed by atoms with E-state index in [9.17, 15) is 14.9 Å². The first-order valence-corrected chi connectivity index (χ1v) is 9.92. The quantitative estimate of drug-likeness (QED) is 0.507. The number of hydrogen-bond donors (Lipinski definition) is 1. The van der Waals surface area contributed by atoms with Gasteiger partial charge in [-0.3, -0.25) is 20.2 Å². The Labute approximate surface area is 170 Å². The van der Waals surface area contributed by atoms with Gasteiger partial charge in [0.05, 0.1) is 23.8 Å². The van der Waals surface area contributed by atoms with E-state index in [-0.39, 0.29) is 11.6 Å². The highest BCUT2D eigenvalue weighted by Gasteiger charge is 2.14. The molecule has 4 rings (SSSR count). The Kier molecular flexibility index (Phi) is 5.50. The Balaban J connectivity index is 1.44. The first kappa shape index (κ1) is 19.0. The highest BCUT2D eigenvalue weighted by molar-refractivity contribution is 7.14. The zero-order chi connectivity index (χ0) is 20.2. The standard InChI is InChI=1S/C20H18N4O4S/c25-19(14-4-6-16(7-5-14)23-8-10-28-11-9-23)22-20-21-18(13-29-20)15-2-1-3-17(12-15)24(26)27/h1-7,12-13H,8-11H2,(H,21,22,25). The van der Waals surface area contributed by atoms with Crippen LogP contribution in [0.1, 0.15) is 10.4 Å². The van der Waals surface area contributed by atoms with Gasteiger partial charge in [0.25, 0.3) is 11.6 Å². The number of thiazole rings is 1. The maximum absolute atomic E-state index is 12.5. The molecule has 148 valence electrons. The number of non-ortho nitro benzene ring substituents is 1. The summed E-state index contributed by atoms with van der Waals surface area (Å²) in [7, 11) is 0. The normalized spacial score (nSPS) is 13.9. The number of nitrogens with one attached hydrogen (secondary N) is 1. The summed E-state index contributed by atoms with van der Waals surface area (Å²) in [4.78, 5) is 29.6. The molecular weight excluding hydrogens is 392 g/mol. The lowest BCUT2D eigenvalue weighted by Gasteiger charge is -2.28. The fourth-order valence-corrected chi connectivity index (χ4v) is 3.77. The minimum Gasteiger partial charge on any atom is -0.378 e. The molecule has 1 aromatic heterocycles. The molecule has 0 bridgehead atoms. The number of benzene rings is 2. The SMILES string of the molecule is O=C(Nc1nc(-c2cccc([N+](=O)[O-])c2)cs1)c1ccc(N2CCOCC2)cc1.